The Kier molecular flexibility index (Phi) is 2.39. The molecule has 0 aromatic rings. The highest BCUT2D eigenvalue weighted by Crippen LogP contribution is 2.14. The molecule has 0 radical (unpaired) electrons. The van der Waals surface area contributed by atoms with Gasteiger partial charge in [0.05, 0.1) is 12.3 Å². The van der Waals surface area contributed by atoms with E-state index in [0.29, 0.717) is 0 Å². The fraction of sp³-hybridized carbons (Fsp3) is 0.800. The molecule has 1 rings (SSSR count). The standard InChI is InChI=1S/C5H8ClNO3S/c6-2-3-7-5(8)1-4-11(7,9)10/h1-4H2. The van der Waals surface area contributed by atoms with E-state index in [1.807, 2.05) is 0 Å². The zero-order valence-corrected chi connectivity index (χ0v) is 7.36. The molecule has 1 amide bonds. The first kappa shape index (κ1) is 8.80. The van der Waals surface area contributed by atoms with Crippen LogP contribution < -0.4 is 0 Å². The Morgan fingerprint density at radius 3 is 2.55 bits per heavy atom. The maximum atomic E-state index is 11.0. The number of hydrogen-bond acceptors (Lipinski definition) is 3. The van der Waals surface area contributed by atoms with E-state index in [4.69, 9.17) is 11.6 Å². The van der Waals surface area contributed by atoms with Gasteiger partial charge in [0, 0.05) is 12.3 Å². The first-order chi connectivity index (χ1) is 5.08. The number of alkyl halides is 1. The van der Waals surface area contributed by atoms with E-state index >= 15 is 0 Å². The molecule has 1 aliphatic heterocycles. The van der Waals surface area contributed by atoms with Gasteiger partial charge in [0.2, 0.25) is 15.9 Å². The van der Waals surface area contributed by atoms with E-state index in [-0.39, 0.29) is 30.5 Å². The van der Waals surface area contributed by atoms with E-state index in [1.54, 1.807) is 0 Å². The van der Waals surface area contributed by atoms with Gasteiger partial charge in [-0.3, -0.25) is 4.79 Å². The number of amides is 1. The Bertz CT molecular complexity index is 261. The van der Waals surface area contributed by atoms with Crippen molar-refractivity contribution < 1.29 is 13.2 Å². The highest BCUT2D eigenvalue weighted by molar-refractivity contribution is 7.90. The van der Waals surface area contributed by atoms with Crippen LogP contribution in [0.5, 0.6) is 0 Å². The van der Waals surface area contributed by atoms with Crippen molar-refractivity contribution in [1.82, 2.24) is 4.31 Å². The molecule has 64 valence electrons. The van der Waals surface area contributed by atoms with Crippen molar-refractivity contribution in [2.45, 2.75) is 6.42 Å². The largest absolute Gasteiger partial charge is 0.274 e. The predicted octanol–water partition coefficient (Wildman–Crippen LogP) is -0.213. The highest BCUT2D eigenvalue weighted by Gasteiger charge is 2.33. The van der Waals surface area contributed by atoms with Crippen LogP contribution in [0.15, 0.2) is 0 Å². The van der Waals surface area contributed by atoms with Crippen LogP contribution in [0.2, 0.25) is 0 Å². The van der Waals surface area contributed by atoms with Crippen molar-refractivity contribution in [3.05, 3.63) is 0 Å². The summed E-state index contributed by atoms with van der Waals surface area (Å²) in [6, 6.07) is 0. The number of carbonyl (C=O) groups is 1. The van der Waals surface area contributed by atoms with Gasteiger partial charge in [-0.05, 0) is 0 Å². The highest BCUT2D eigenvalue weighted by atomic mass is 35.5. The van der Waals surface area contributed by atoms with Gasteiger partial charge >= 0.3 is 0 Å². The molecule has 1 aliphatic rings. The van der Waals surface area contributed by atoms with E-state index in [2.05, 4.69) is 0 Å². The Balaban J connectivity index is 2.81. The molecule has 0 atom stereocenters. The van der Waals surface area contributed by atoms with Crippen molar-refractivity contribution in [2.75, 3.05) is 18.2 Å². The summed E-state index contributed by atoms with van der Waals surface area (Å²) in [5.74, 6) is -0.251. The van der Waals surface area contributed by atoms with Crippen LogP contribution in [0.25, 0.3) is 0 Å². The third-order valence-electron chi connectivity index (χ3n) is 1.48. The molecular weight excluding hydrogens is 190 g/mol. The average Bonchev–Trinajstić information content (AvgIpc) is 2.16. The van der Waals surface area contributed by atoms with Crippen LogP contribution in [-0.4, -0.2) is 36.8 Å². The number of nitrogens with zero attached hydrogens (tertiary/aromatic N) is 1. The molecule has 0 aromatic carbocycles. The zero-order valence-electron chi connectivity index (χ0n) is 5.79. The normalized spacial score (nSPS) is 22.6. The van der Waals surface area contributed by atoms with Crippen molar-refractivity contribution in [3.63, 3.8) is 0 Å². The summed E-state index contributed by atoms with van der Waals surface area (Å²) < 4.78 is 22.9. The number of halogens is 1. The van der Waals surface area contributed by atoms with Gasteiger partial charge in [-0.25, -0.2) is 12.7 Å². The first-order valence-corrected chi connectivity index (χ1v) is 5.31. The SMILES string of the molecule is O=C1CCS(=O)(=O)N1CCCl. The van der Waals surface area contributed by atoms with Crippen LogP contribution in [0, 0.1) is 0 Å². The lowest BCUT2D eigenvalue weighted by Crippen LogP contribution is -2.31. The Hall–Kier alpha value is -0.290. The Morgan fingerprint density at radius 2 is 2.18 bits per heavy atom. The molecule has 0 bridgehead atoms. The minimum atomic E-state index is -3.30. The lowest BCUT2D eigenvalue weighted by Gasteiger charge is -2.11. The lowest BCUT2D eigenvalue weighted by atomic mass is 10.4. The molecule has 1 fully saturated rings. The molecule has 6 heteroatoms. The Labute approximate surface area is 70.2 Å². The van der Waals surface area contributed by atoms with E-state index in [9.17, 15) is 13.2 Å². The molecule has 0 N–H and O–H groups in total. The molecular formula is C5H8ClNO3S. The second-order valence-electron chi connectivity index (χ2n) is 2.22. The second kappa shape index (κ2) is 2.98. The molecule has 1 heterocycles. The molecule has 0 aromatic heterocycles. The van der Waals surface area contributed by atoms with Crippen LogP contribution in [0.1, 0.15) is 6.42 Å². The van der Waals surface area contributed by atoms with Crippen LogP contribution in [-0.2, 0) is 14.8 Å². The summed E-state index contributed by atoms with van der Waals surface area (Å²) in [6.45, 7) is 0.0999. The summed E-state index contributed by atoms with van der Waals surface area (Å²) in [5.41, 5.74) is 0. The topological polar surface area (TPSA) is 54.5 Å². The maximum Gasteiger partial charge on any atom is 0.237 e. The summed E-state index contributed by atoms with van der Waals surface area (Å²) in [5, 5.41) is 0. The molecule has 0 saturated carbocycles. The minimum Gasteiger partial charge on any atom is -0.274 e. The monoisotopic (exact) mass is 197 g/mol. The number of hydrogen-bond donors (Lipinski definition) is 0. The van der Waals surface area contributed by atoms with Crippen LogP contribution in [0.3, 0.4) is 0 Å². The summed E-state index contributed by atoms with van der Waals surface area (Å²) in [4.78, 5) is 10.9. The smallest absolute Gasteiger partial charge is 0.237 e. The predicted molar refractivity (Wildman–Crippen MR) is 40.8 cm³/mol. The Morgan fingerprint density at radius 1 is 1.55 bits per heavy atom. The van der Waals surface area contributed by atoms with Crippen molar-refractivity contribution in [1.29, 1.82) is 0 Å². The van der Waals surface area contributed by atoms with Gasteiger partial charge in [0.1, 0.15) is 0 Å². The van der Waals surface area contributed by atoms with E-state index in [1.165, 1.54) is 0 Å². The zero-order chi connectivity index (χ0) is 8.48. The van der Waals surface area contributed by atoms with E-state index < -0.39 is 10.0 Å². The first-order valence-electron chi connectivity index (χ1n) is 3.17. The molecule has 1 saturated heterocycles. The van der Waals surface area contributed by atoms with Crippen molar-refractivity contribution in [3.8, 4) is 0 Å². The average molecular weight is 198 g/mol. The van der Waals surface area contributed by atoms with Gasteiger partial charge in [0.25, 0.3) is 0 Å². The third-order valence-corrected chi connectivity index (χ3v) is 3.42. The molecule has 11 heavy (non-hydrogen) atoms. The number of rotatable bonds is 2. The fourth-order valence-electron chi connectivity index (χ4n) is 0.947. The minimum absolute atomic E-state index is 0.0667. The molecule has 0 unspecified atom stereocenters. The molecule has 0 spiro atoms. The van der Waals surface area contributed by atoms with Gasteiger partial charge < -0.3 is 0 Å². The van der Waals surface area contributed by atoms with Gasteiger partial charge in [0.15, 0.2) is 0 Å². The quantitative estimate of drug-likeness (QED) is 0.576. The summed E-state index contributed by atoms with van der Waals surface area (Å²) in [6.07, 6.45) is 0.0965. The van der Waals surface area contributed by atoms with E-state index in [0.717, 1.165) is 4.31 Å². The number of carbonyl (C=O) groups excluding carboxylic acids is 1. The van der Waals surface area contributed by atoms with Gasteiger partial charge in [-0.1, -0.05) is 0 Å². The van der Waals surface area contributed by atoms with Gasteiger partial charge in [-0.2, -0.15) is 0 Å². The summed E-state index contributed by atoms with van der Waals surface area (Å²) >= 11 is 5.32. The maximum absolute atomic E-state index is 11.0. The van der Waals surface area contributed by atoms with Crippen LogP contribution in [0.4, 0.5) is 0 Å². The lowest BCUT2D eigenvalue weighted by molar-refractivity contribution is -0.124. The third kappa shape index (κ3) is 1.65. The van der Waals surface area contributed by atoms with Crippen molar-refractivity contribution in [2.24, 2.45) is 0 Å². The van der Waals surface area contributed by atoms with Crippen LogP contribution >= 0.6 is 11.6 Å². The summed E-state index contributed by atoms with van der Waals surface area (Å²) in [7, 11) is -3.30. The fourth-order valence-corrected chi connectivity index (χ4v) is 2.64. The van der Waals surface area contributed by atoms with Crippen molar-refractivity contribution >= 4 is 27.5 Å². The van der Waals surface area contributed by atoms with Gasteiger partial charge in [-0.15, -0.1) is 11.6 Å². The molecule has 0 aliphatic carbocycles. The second-order valence-corrected chi connectivity index (χ2v) is 4.61. The number of sulfonamides is 1. The molecule has 4 nitrogen and oxygen atoms in total.